The first-order valence-electron chi connectivity index (χ1n) is 15.4. The fraction of sp³-hybridized carbons (Fsp3) is 0.606. The second-order valence-corrected chi connectivity index (χ2v) is 13.7. The van der Waals surface area contributed by atoms with Crippen molar-refractivity contribution >= 4 is 29.9 Å². The van der Waals surface area contributed by atoms with Crippen LogP contribution < -0.4 is 10.6 Å². The van der Waals surface area contributed by atoms with Crippen LogP contribution in [0.1, 0.15) is 91.1 Å². The molecule has 1 aliphatic heterocycles. The van der Waals surface area contributed by atoms with Gasteiger partial charge in [0, 0.05) is 42.7 Å². The van der Waals surface area contributed by atoms with Crippen molar-refractivity contribution < 1.29 is 23.9 Å². The van der Waals surface area contributed by atoms with Gasteiger partial charge in [-0.25, -0.2) is 9.78 Å². The Morgan fingerprint density at radius 2 is 1.86 bits per heavy atom. The molecule has 10 heteroatoms. The van der Waals surface area contributed by atoms with E-state index in [1.54, 1.807) is 33.2 Å². The average Bonchev–Trinajstić information content (AvgIpc) is 3.41. The minimum Gasteiger partial charge on any atom is -0.443 e. The number of carbonyl (C=O) groups excluding carboxylic acids is 3. The molecule has 1 aromatic carbocycles. The van der Waals surface area contributed by atoms with Crippen LogP contribution in [0.3, 0.4) is 0 Å². The van der Waals surface area contributed by atoms with E-state index in [-0.39, 0.29) is 42.4 Å². The summed E-state index contributed by atoms with van der Waals surface area (Å²) in [6.45, 7) is 11.5. The predicted molar refractivity (Wildman–Crippen MR) is 166 cm³/mol. The Balaban J connectivity index is 1.41. The Morgan fingerprint density at radius 1 is 1.12 bits per heavy atom. The Labute approximate surface area is 255 Å². The maximum atomic E-state index is 13.3. The van der Waals surface area contributed by atoms with Gasteiger partial charge in [0.05, 0.1) is 11.5 Å². The number of carbonyl (C=O) groups is 3. The fourth-order valence-electron chi connectivity index (χ4n) is 5.74. The summed E-state index contributed by atoms with van der Waals surface area (Å²) in [6.07, 6.45) is 9.66. The van der Waals surface area contributed by atoms with Crippen molar-refractivity contribution in [2.45, 2.75) is 98.4 Å². The van der Waals surface area contributed by atoms with Gasteiger partial charge in [-0.2, -0.15) is 4.99 Å². The molecule has 2 aromatic rings. The SMILES string of the molecule is CC(C)(C)OC(=O)/N=C/C1CCCC[C@@H]1C(=O)NCC[C@H]1Cc2ccccc2N[C@H]1c1nccn1COC(=O)C(C)(C)C. The van der Waals surface area contributed by atoms with Gasteiger partial charge in [-0.1, -0.05) is 31.0 Å². The number of amides is 2. The topological polar surface area (TPSA) is 124 Å². The number of nitrogens with zero attached hydrogens (tertiary/aromatic N) is 3. The zero-order valence-corrected chi connectivity index (χ0v) is 26.4. The van der Waals surface area contributed by atoms with Gasteiger partial charge in [0.2, 0.25) is 5.91 Å². The van der Waals surface area contributed by atoms with E-state index in [0.717, 1.165) is 50.0 Å². The lowest BCUT2D eigenvalue weighted by Crippen LogP contribution is -2.39. The van der Waals surface area contributed by atoms with Crippen molar-refractivity contribution in [1.29, 1.82) is 0 Å². The molecule has 0 radical (unpaired) electrons. The van der Waals surface area contributed by atoms with Crippen LogP contribution in [0.2, 0.25) is 0 Å². The summed E-state index contributed by atoms with van der Waals surface area (Å²) in [7, 11) is 0. The minimum absolute atomic E-state index is 0.00310. The van der Waals surface area contributed by atoms with E-state index in [1.807, 2.05) is 43.7 Å². The smallest absolute Gasteiger partial charge is 0.433 e. The lowest BCUT2D eigenvalue weighted by molar-refractivity contribution is -0.157. The van der Waals surface area contributed by atoms with Crippen molar-refractivity contribution in [3.8, 4) is 0 Å². The highest BCUT2D eigenvalue weighted by Gasteiger charge is 2.34. The number of aliphatic imine (C=N–C) groups is 1. The van der Waals surface area contributed by atoms with Crippen molar-refractivity contribution in [3.05, 3.63) is 48.0 Å². The first-order valence-corrected chi connectivity index (χ1v) is 15.4. The van der Waals surface area contributed by atoms with E-state index in [0.29, 0.717) is 6.54 Å². The van der Waals surface area contributed by atoms with Crippen LogP contribution in [-0.2, 0) is 32.2 Å². The summed E-state index contributed by atoms with van der Waals surface area (Å²) in [6, 6.07) is 8.11. The Bertz CT molecular complexity index is 1310. The second kappa shape index (κ2) is 13.7. The van der Waals surface area contributed by atoms with Crippen molar-refractivity contribution in [3.63, 3.8) is 0 Å². The molecule has 1 unspecified atom stereocenters. The van der Waals surface area contributed by atoms with E-state index in [1.165, 1.54) is 5.56 Å². The molecular formula is C33H47N5O5. The highest BCUT2D eigenvalue weighted by Crippen LogP contribution is 2.38. The number of hydrogen-bond acceptors (Lipinski definition) is 7. The number of imidazole rings is 1. The Morgan fingerprint density at radius 3 is 2.60 bits per heavy atom. The third kappa shape index (κ3) is 8.91. The minimum atomic E-state index is -0.625. The molecule has 4 atom stereocenters. The largest absolute Gasteiger partial charge is 0.443 e. The van der Waals surface area contributed by atoms with Crippen LogP contribution in [0.15, 0.2) is 41.7 Å². The molecule has 2 amide bonds. The lowest BCUT2D eigenvalue weighted by Gasteiger charge is -2.35. The van der Waals surface area contributed by atoms with Gasteiger partial charge in [-0.05, 0) is 84.8 Å². The molecule has 2 aliphatic rings. The van der Waals surface area contributed by atoms with Crippen molar-refractivity contribution in [1.82, 2.24) is 14.9 Å². The first-order chi connectivity index (χ1) is 20.3. The number of ether oxygens (including phenoxy) is 2. The van der Waals surface area contributed by atoms with Crippen molar-refractivity contribution in [2.75, 3.05) is 11.9 Å². The van der Waals surface area contributed by atoms with Gasteiger partial charge in [0.25, 0.3) is 0 Å². The number of anilines is 1. The first kappa shape index (κ1) is 32.2. The molecule has 0 bridgehead atoms. The van der Waals surface area contributed by atoms with Crippen LogP contribution in [0, 0.1) is 23.2 Å². The molecule has 10 nitrogen and oxygen atoms in total. The van der Waals surface area contributed by atoms with E-state index >= 15 is 0 Å². The number of benzene rings is 1. The number of fused-ring (bicyclic) bond motifs is 1. The summed E-state index contributed by atoms with van der Waals surface area (Å²) in [5.74, 6) is 0.337. The number of para-hydroxylation sites is 1. The van der Waals surface area contributed by atoms with Crippen LogP contribution in [0.4, 0.5) is 10.5 Å². The molecule has 1 aromatic heterocycles. The molecule has 1 saturated carbocycles. The third-order valence-electron chi connectivity index (χ3n) is 7.99. The van der Waals surface area contributed by atoms with Gasteiger partial charge < -0.3 is 20.1 Å². The van der Waals surface area contributed by atoms with Gasteiger partial charge in [-0.15, -0.1) is 0 Å². The number of nitrogens with one attached hydrogen (secondary N) is 2. The van der Waals surface area contributed by atoms with Crippen molar-refractivity contribution in [2.24, 2.45) is 28.2 Å². The summed E-state index contributed by atoms with van der Waals surface area (Å²) in [5.41, 5.74) is 1.07. The molecule has 43 heavy (non-hydrogen) atoms. The van der Waals surface area contributed by atoms with Gasteiger partial charge in [0.15, 0.2) is 6.73 Å². The van der Waals surface area contributed by atoms with Crippen LogP contribution in [0.25, 0.3) is 0 Å². The quantitative estimate of drug-likeness (QED) is 0.281. The maximum Gasteiger partial charge on any atom is 0.433 e. The van der Waals surface area contributed by atoms with Crippen LogP contribution >= 0.6 is 0 Å². The molecule has 2 heterocycles. The average molecular weight is 594 g/mol. The number of aromatic nitrogens is 2. The van der Waals surface area contributed by atoms with Gasteiger partial charge in [0.1, 0.15) is 11.4 Å². The summed E-state index contributed by atoms with van der Waals surface area (Å²) >= 11 is 0. The van der Waals surface area contributed by atoms with Crippen LogP contribution in [0.5, 0.6) is 0 Å². The predicted octanol–water partition coefficient (Wildman–Crippen LogP) is 6.07. The number of esters is 1. The highest BCUT2D eigenvalue weighted by atomic mass is 16.6. The van der Waals surface area contributed by atoms with E-state index in [9.17, 15) is 14.4 Å². The standard InChI is InChI=1S/C33H47N5O5/c1-32(2,3)30(40)42-21-38-18-17-34-28(38)27-23(19-22-11-8-10-14-26(22)37-27)15-16-35-29(39)25-13-9-7-12-24(25)20-36-31(41)43-33(4,5)6/h8,10-11,14,17-18,20,23-25,27,37H,7,9,12-13,15-16,19,21H2,1-6H3,(H,35,39)/b36-20+/t23-,24?,25-,27+/m0/s1. The molecular weight excluding hydrogens is 546 g/mol. The van der Waals surface area contributed by atoms with Gasteiger partial charge in [-0.3, -0.25) is 14.2 Å². The fourth-order valence-corrected chi connectivity index (χ4v) is 5.74. The monoisotopic (exact) mass is 593 g/mol. The number of rotatable bonds is 8. The van der Waals surface area contributed by atoms with Gasteiger partial charge >= 0.3 is 12.1 Å². The van der Waals surface area contributed by atoms with E-state index < -0.39 is 17.1 Å². The molecule has 1 fully saturated rings. The summed E-state index contributed by atoms with van der Waals surface area (Å²) in [5, 5.41) is 6.84. The van der Waals surface area contributed by atoms with Crippen LogP contribution in [-0.4, -0.2) is 45.9 Å². The molecule has 234 valence electrons. The lowest BCUT2D eigenvalue weighted by atomic mass is 9.79. The summed E-state index contributed by atoms with van der Waals surface area (Å²) in [4.78, 5) is 46.6. The molecule has 4 rings (SSSR count). The Hall–Kier alpha value is -3.69. The highest BCUT2D eigenvalue weighted by molar-refractivity contribution is 5.86. The maximum absolute atomic E-state index is 13.3. The molecule has 2 N–H and O–H groups in total. The van der Waals surface area contributed by atoms with E-state index in [2.05, 4.69) is 32.7 Å². The molecule has 0 spiro atoms. The normalized spacial score (nSPS) is 22.4. The summed E-state index contributed by atoms with van der Waals surface area (Å²) < 4.78 is 12.8. The molecule has 0 saturated heterocycles. The third-order valence-corrected chi connectivity index (χ3v) is 7.99. The zero-order chi connectivity index (χ0) is 31.2. The molecule has 1 aliphatic carbocycles. The van der Waals surface area contributed by atoms with E-state index in [4.69, 9.17) is 9.47 Å². The zero-order valence-electron chi connectivity index (χ0n) is 26.4. The Kier molecular flexibility index (Phi) is 10.3. The second-order valence-electron chi connectivity index (χ2n) is 13.7. The number of hydrogen-bond donors (Lipinski definition) is 2.